The molecule has 102 valence electrons. The lowest BCUT2D eigenvalue weighted by molar-refractivity contribution is -0.118. The number of benzene rings is 1. The van der Waals surface area contributed by atoms with Gasteiger partial charge in [0, 0.05) is 19.0 Å². The van der Waals surface area contributed by atoms with Crippen molar-refractivity contribution < 1.29 is 19.4 Å². The van der Waals surface area contributed by atoms with Crippen LogP contribution < -0.4 is 10.1 Å². The van der Waals surface area contributed by atoms with Gasteiger partial charge in [-0.25, -0.2) is 0 Å². The van der Waals surface area contributed by atoms with Crippen molar-refractivity contribution in [3.8, 4) is 11.5 Å². The molecule has 5 heteroatoms. The van der Waals surface area contributed by atoms with Crippen LogP contribution in [-0.2, 0) is 4.79 Å². The third-order valence-corrected chi connectivity index (χ3v) is 2.49. The number of amides is 1. The van der Waals surface area contributed by atoms with Crippen LogP contribution in [0.4, 0.5) is 0 Å². The summed E-state index contributed by atoms with van der Waals surface area (Å²) in [7, 11) is 1.42. The summed E-state index contributed by atoms with van der Waals surface area (Å²) in [6.45, 7) is 1.99. The molecule has 1 aromatic rings. The molecule has 0 saturated carbocycles. The number of phenolic OH excluding ortho intramolecular Hbond substituents is 1. The molecule has 0 spiro atoms. The zero-order valence-electron chi connectivity index (χ0n) is 11.0. The smallest absolute Gasteiger partial charge is 0.216 e. The molecule has 0 heterocycles. The number of ether oxygens (including phenoxy) is 1. The predicted octanol–water partition coefficient (Wildman–Crippen LogP) is 1.75. The van der Waals surface area contributed by atoms with Crippen LogP contribution in [0.15, 0.2) is 18.2 Å². The maximum absolute atomic E-state index is 11.0. The van der Waals surface area contributed by atoms with Crippen molar-refractivity contribution in [3.63, 3.8) is 0 Å². The van der Waals surface area contributed by atoms with Crippen LogP contribution in [0.2, 0.25) is 0 Å². The van der Waals surface area contributed by atoms with Gasteiger partial charge in [-0.05, 0) is 24.1 Å². The Kier molecular flexibility index (Phi) is 5.60. The van der Waals surface area contributed by atoms with E-state index >= 15 is 0 Å². The van der Waals surface area contributed by atoms with Gasteiger partial charge in [0.25, 0.3) is 0 Å². The average Bonchev–Trinajstić information content (AvgIpc) is 2.38. The summed E-state index contributed by atoms with van der Waals surface area (Å²) < 4.78 is 4.93. The van der Waals surface area contributed by atoms with Gasteiger partial charge < -0.3 is 15.2 Å². The van der Waals surface area contributed by atoms with E-state index in [0.717, 1.165) is 0 Å². The highest BCUT2D eigenvalue weighted by Gasteiger charge is 2.07. The molecule has 0 aliphatic rings. The molecule has 2 N–H and O–H groups in total. The molecule has 5 nitrogen and oxygen atoms in total. The molecule has 0 saturated heterocycles. The van der Waals surface area contributed by atoms with Gasteiger partial charge in [-0.15, -0.1) is 0 Å². The fourth-order valence-corrected chi connectivity index (χ4v) is 1.55. The van der Waals surface area contributed by atoms with Gasteiger partial charge in [0.05, 0.1) is 7.11 Å². The van der Waals surface area contributed by atoms with Crippen molar-refractivity contribution in [1.82, 2.24) is 5.32 Å². The molecule has 0 aliphatic heterocycles. The Labute approximate surface area is 111 Å². The van der Waals surface area contributed by atoms with E-state index in [1.165, 1.54) is 26.2 Å². The summed E-state index contributed by atoms with van der Waals surface area (Å²) in [5, 5.41) is 12.3. The second-order valence-corrected chi connectivity index (χ2v) is 3.94. The highest BCUT2D eigenvalue weighted by Crippen LogP contribution is 2.29. The Bertz CT molecular complexity index is 494. The number of phenols is 1. The quantitative estimate of drug-likeness (QED) is 0.605. The van der Waals surface area contributed by atoms with E-state index in [1.807, 2.05) is 6.08 Å². The van der Waals surface area contributed by atoms with E-state index in [0.29, 0.717) is 30.4 Å². The fourth-order valence-electron chi connectivity index (χ4n) is 1.55. The van der Waals surface area contributed by atoms with Gasteiger partial charge in [0.15, 0.2) is 17.8 Å². The zero-order valence-corrected chi connectivity index (χ0v) is 11.0. The average molecular weight is 263 g/mol. The normalized spacial score (nSPS) is 10.4. The minimum Gasteiger partial charge on any atom is -0.504 e. The van der Waals surface area contributed by atoms with Crippen molar-refractivity contribution in [2.45, 2.75) is 13.3 Å². The van der Waals surface area contributed by atoms with Crippen LogP contribution in [0.1, 0.15) is 29.3 Å². The van der Waals surface area contributed by atoms with Crippen molar-refractivity contribution in [2.24, 2.45) is 0 Å². The lowest BCUT2D eigenvalue weighted by atomic mass is 10.1. The SMILES string of the molecule is COc1cc(C=O)c(C=CCCNC(C)=O)cc1O. The summed E-state index contributed by atoms with van der Waals surface area (Å²) >= 11 is 0. The topological polar surface area (TPSA) is 75.6 Å². The second-order valence-electron chi connectivity index (χ2n) is 3.94. The van der Waals surface area contributed by atoms with E-state index in [2.05, 4.69) is 5.32 Å². The largest absolute Gasteiger partial charge is 0.504 e. The first kappa shape index (κ1) is 14.8. The van der Waals surface area contributed by atoms with Gasteiger partial charge in [-0.2, -0.15) is 0 Å². The molecule has 1 amide bonds. The van der Waals surface area contributed by atoms with Gasteiger partial charge in [0.1, 0.15) is 0 Å². The molecule has 0 radical (unpaired) electrons. The van der Waals surface area contributed by atoms with Crippen LogP contribution >= 0.6 is 0 Å². The molecular weight excluding hydrogens is 246 g/mol. The minimum absolute atomic E-state index is 0.0189. The molecule has 0 bridgehead atoms. The Morgan fingerprint density at radius 1 is 1.42 bits per heavy atom. The maximum Gasteiger partial charge on any atom is 0.216 e. The Morgan fingerprint density at radius 3 is 2.74 bits per heavy atom. The number of aldehydes is 1. The molecule has 1 aromatic carbocycles. The van der Waals surface area contributed by atoms with Gasteiger partial charge >= 0.3 is 0 Å². The number of carbonyl (C=O) groups excluding carboxylic acids is 2. The van der Waals surface area contributed by atoms with Crippen molar-refractivity contribution in [2.75, 3.05) is 13.7 Å². The number of carbonyl (C=O) groups is 2. The fraction of sp³-hybridized carbons (Fsp3) is 0.286. The number of methoxy groups -OCH3 is 1. The first-order valence-electron chi connectivity index (χ1n) is 5.85. The van der Waals surface area contributed by atoms with Crippen molar-refractivity contribution >= 4 is 18.3 Å². The van der Waals surface area contributed by atoms with Gasteiger partial charge in [-0.1, -0.05) is 12.2 Å². The number of hydrogen-bond acceptors (Lipinski definition) is 4. The zero-order chi connectivity index (χ0) is 14.3. The number of aromatic hydroxyl groups is 1. The van der Waals surface area contributed by atoms with E-state index < -0.39 is 0 Å². The van der Waals surface area contributed by atoms with E-state index in [-0.39, 0.29) is 17.4 Å². The third kappa shape index (κ3) is 4.46. The highest BCUT2D eigenvalue weighted by atomic mass is 16.5. The van der Waals surface area contributed by atoms with Crippen LogP contribution in [0.5, 0.6) is 11.5 Å². The lowest BCUT2D eigenvalue weighted by Gasteiger charge is -2.06. The summed E-state index contributed by atoms with van der Waals surface area (Å²) in [6, 6.07) is 2.95. The molecule has 0 aliphatic carbocycles. The number of nitrogens with one attached hydrogen (secondary N) is 1. The van der Waals surface area contributed by atoms with Crippen molar-refractivity contribution in [3.05, 3.63) is 29.3 Å². The molecular formula is C14H17NO4. The standard InChI is InChI=1S/C14H17NO4/c1-10(17)15-6-4-3-5-11-7-13(18)14(19-2)8-12(11)9-16/h3,5,7-9,18H,4,6H2,1-2H3,(H,15,17). The Balaban J connectivity index is 2.77. The van der Waals surface area contributed by atoms with Crippen LogP contribution in [0, 0.1) is 0 Å². The summed E-state index contributed by atoms with van der Waals surface area (Å²) in [5.41, 5.74) is 1.04. The molecule has 1 rings (SSSR count). The minimum atomic E-state index is -0.0796. The van der Waals surface area contributed by atoms with E-state index in [4.69, 9.17) is 4.74 Å². The van der Waals surface area contributed by atoms with Crippen molar-refractivity contribution in [1.29, 1.82) is 0 Å². The van der Waals surface area contributed by atoms with Crippen LogP contribution in [-0.4, -0.2) is 31.0 Å². The second kappa shape index (κ2) is 7.20. The molecule has 0 atom stereocenters. The van der Waals surface area contributed by atoms with E-state index in [1.54, 1.807) is 6.08 Å². The van der Waals surface area contributed by atoms with Crippen LogP contribution in [0.25, 0.3) is 6.08 Å². The summed E-state index contributed by atoms with van der Waals surface area (Å²) in [5.74, 6) is 0.163. The van der Waals surface area contributed by atoms with Crippen LogP contribution in [0.3, 0.4) is 0 Å². The summed E-state index contributed by atoms with van der Waals surface area (Å²) in [4.78, 5) is 21.6. The molecule has 0 aromatic heterocycles. The Hall–Kier alpha value is -2.30. The van der Waals surface area contributed by atoms with Gasteiger partial charge in [0.2, 0.25) is 5.91 Å². The predicted molar refractivity (Wildman–Crippen MR) is 72.4 cm³/mol. The van der Waals surface area contributed by atoms with Gasteiger partial charge in [-0.3, -0.25) is 9.59 Å². The van der Waals surface area contributed by atoms with E-state index in [9.17, 15) is 14.7 Å². The molecule has 0 unspecified atom stereocenters. The maximum atomic E-state index is 11.0. The number of hydrogen-bond donors (Lipinski definition) is 2. The lowest BCUT2D eigenvalue weighted by Crippen LogP contribution is -2.20. The first-order valence-corrected chi connectivity index (χ1v) is 5.85. The third-order valence-electron chi connectivity index (χ3n) is 2.49. The number of rotatable bonds is 6. The molecule has 19 heavy (non-hydrogen) atoms. The molecule has 0 fully saturated rings. The highest BCUT2D eigenvalue weighted by molar-refractivity contribution is 5.83. The Morgan fingerprint density at radius 2 is 2.16 bits per heavy atom. The summed E-state index contributed by atoms with van der Waals surface area (Å²) in [6.07, 6.45) is 4.90. The monoisotopic (exact) mass is 263 g/mol. The first-order chi connectivity index (χ1) is 9.08.